The van der Waals surface area contributed by atoms with Crippen molar-refractivity contribution in [1.82, 2.24) is 10.2 Å². The van der Waals surface area contributed by atoms with Crippen LogP contribution in [-0.2, 0) is 11.3 Å². The Morgan fingerprint density at radius 3 is 2.52 bits per heavy atom. The fraction of sp³-hybridized carbons (Fsp3) is 0.421. The fourth-order valence-electron chi connectivity index (χ4n) is 3.06. The van der Waals surface area contributed by atoms with Crippen LogP contribution >= 0.6 is 12.4 Å². The molecule has 0 aromatic heterocycles. The molecule has 4 heteroatoms. The highest BCUT2D eigenvalue weighted by Crippen LogP contribution is 2.21. The number of hydrogen-bond acceptors (Lipinski definition) is 2. The summed E-state index contributed by atoms with van der Waals surface area (Å²) in [7, 11) is 0. The van der Waals surface area contributed by atoms with Gasteiger partial charge in [0.05, 0.1) is 0 Å². The summed E-state index contributed by atoms with van der Waals surface area (Å²) in [5, 5.41) is 5.73. The standard InChI is InChI=1S/C19H24N2O.ClH/c1-3-21(19(22)14(2)18-11-20-12-18)13-15-8-9-16-6-4-5-7-17(16)10-15;/h4-10,14,18,20H,3,11-13H2,1-2H3;1H. The molecule has 1 N–H and O–H groups in total. The SMILES string of the molecule is CCN(Cc1ccc2ccccc2c1)C(=O)C(C)C1CNC1.Cl. The summed E-state index contributed by atoms with van der Waals surface area (Å²) in [5.74, 6) is 0.891. The van der Waals surface area contributed by atoms with Crippen molar-refractivity contribution in [2.45, 2.75) is 20.4 Å². The molecule has 0 aliphatic carbocycles. The molecule has 1 atom stereocenters. The van der Waals surface area contributed by atoms with Gasteiger partial charge in [-0.3, -0.25) is 4.79 Å². The molecule has 0 bridgehead atoms. The molecule has 124 valence electrons. The maximum absolute atomic E-state index is 12.7. The largest absolute Gasteiger partial charge is 0.338 e. The zero-order valence-corrected chi connectivity index (χ0v) is 14.6. The Kier molecular flexibility index (Phi) is 6.03. The molecule has 1 aliphatic heterocycles. The monoisotopic (exact) mass is 332 g/mol. The number of nitrogens with one attached hydrogen (secondary N) is 1. The van der Waals surface area contributed by atoms with E-state index in [-0.39, 0.29) is 24.2 Å². The number of carbonyl (C=O) groups excluding carboxylic acids is 1. The van der Waals surface area contributed by atoms with Gasteiger partial charge in [0, 0.05) is 19.0 Å². The summed E-state index contributed by atoms with van der Waals surface area (Å²) in [6, 6.07) is 14.8. The molecule has 2 aromatic carbocycles. The molecule has 1 heterocycles. The lowest BCUT2D eigenvalue weighted by Crippen LogP contribution is -2.50. The van der Waals surface area contributed by atoms with Crippen LogP contribution in [0.3, 0.4) is 0 Å². The minimum absolute atomic E-state index is 0. The van der Waals surface area contributed by atoms with E-state index in [9.17, 15) is 4.79 Å². The van der Waals surface area contributed by atoms with Crippen molar-refractivity contribution >= 4 is 29.1 Å². The van der Waals surface area contributed by atoms with Gasteiger partial charge < -0.3 is 10.2 Å². The second-order valence-corrected chi connectivity index (χ2v) is 6.24. The molecule has 1 unspecified atom stereocenters. The van der Waals surface area contributed by atoms with Crippen molar-refractivity contribution in [3.63, 3.8) is 0 Å². The van der Waals surface area contributed by atoms with Crippen molar-refractivity contribution in [2.75, 3.05) is 19.6 Å². The highest BCUT2D eigenvalue weighted by Gasteiger charge is 2.31. The number of fused-ring (bicyclic) bond motifs is 1. The predicted octanol–water partition coefficient (Wildman–Crippen LogP) is 3.47. The van der Waals surface area contributed by atoms with Gasteiger partial charge in [-0.05, 0) is 48.3 Å². The first-order valence-electron chi connectivity index (χ1n) is 8.16. The summed E-state index contributed by atoms with van der Waals surface area (Å²) >= 11 is 0. The quantitative estimate of drug-likeness (QED) is 0.909. The van der Waals surface area contributed by atoms with E-state index in [0.717, 1.165) is 19.6 Å². The van der Waals surface area contributed by atoms with Crippen molar-refractivity contribution < 1.29 is 4.79 Å². The Bertz CT molecular complexity index is 669. The molecule has 23 heavy (non-hydrogen) atoms. The van der Waals surface area contributed by atoms with Gasteiger partial charge in [0.15, 0.2) is 0 Å². The molecule has 1 saturated heterocycles. The van der Waals surface area contributed by atoms with Crippen molar-refractivity contribution in [1.29, 1.82) is 0 Å². The Morgan fingerprint density at radius 2 is 1.91 bits per heavy atom. The number of halogens is 1. The molecule has 1 fully saturated rings. The lowest BCUT2D eigenvalue weighted by atomic mass is 9.88. The zero-order chi connectivity index (χ0) is 15.5. The van der Waals surface area contributed by atoms with Crippen molar-refractivity contribution in [3.05, 3.63) is 48.0 Å². The summed E-state index contributed by atoms with van der Waals surface area (Å²) in [6.07, 6.45) is 0. The lowest BCUT2D eigenvalue weighted by molar-refractivity contribution is -0.137. The number of hydrogen-bond donors (Lipinski definition) is 1. The minimum Gasteiger partial charge on any atom is -0.338 e. The highest BCUT2D eigenvalue weighted by molar-refractivity contribution is 5.85. The second kappa shape index (κ2) is 7.80. The van der Waals surface area contributed by atoms with E-state index in [4.69, 9.17) is 0 Å². The third-order valence-electron chi connectivity index (χ3n) is 4.79. The van der Waals surface area contributed by atoms with Gasteiger partial charge >= 0.3 is 0 Å². The van der Waals surface area contributed by atoms with Crippen LogP contribution in [0.2, 0.25) is 0 Å². The van der Waals surface area contributed by atoms with Crippen LogP contribution < -0.4 is 5.32 Å². The van der Waals surface area contributed by atoms with E-state index < -0.39 is 0 Å². The fourth-order valence-corrected chi connectivity index (χ4v) is 3.06. The van der Waals surface area contributed by atoms with Gasteiger partial charge in [0.2, 0.25) is 5.91 Å². The predicted molar refractivity (Wildman–Crippen MR) is 97.8 cm³/mol. The molecule has 3 nitrogen and oxygen atoms in total. The molecule has 0 saturated carbocycles. The lowest BCUT2D eigenvalue weighted by Gasteiger charge is -2.34. The molecule has 1 amide bonds. The first-order chi connectivity index (χ1) is 10.7. The number of amides is 1. The Morgan fingerprint density at radius 1 is 1.22 bits per heavy atom. The minimum atomic E-state index is 0. The van der Waals surface area contributed by atoms with Crippen LogP contribution in [0.25, 0.3) is 10.8 Å². The summed E-state index contributed by atoms with van der Waals surface area (Å²) in [5.41, 5.74) is 1.20. The smallest absolute Gasteiger partial charge is 0.226 e. The maximum Gasteiger partial charge on any atom is 0.226 e. The Balaban J connectivity index is 0.00000192. The van der Waals surface area contributed by atoms with E-state index in [2.05, 4.69) is 61.6 Å². The van der Waals surface area contributed by atoms with E-state index in [1.807, 2.05) is 4.90 Å². The summed E-state index contributed by atoms with van der Waals surface area (Å²) in [6.45, 7) is 7.53. The van der Waals surface area contributed by atoms with Crippen LogP contribution in [0.5, 0.6) is 0 Å². The van der Waals surface area contributed by atoms with E-state index >= 15 is 0 Å². The van der Waals surface area contributed by atoms with E-state index in [1.54, 1.807) is 0 Å². The third kappa shape index (κ3) is 3.85. The average molecular weight is 333 g/mol. The Labute approximate surface area is 144 Å². The molecule has 2 aromatic rings. The molecule has 1 aliphatic rings. The Hall–Kier alpha value is -1.58. The van der Waals surface area contributed by atoms with Gasteiger partial charge in [-0.2, -0.15) is 0 Å². The number of carbonyl (C=O) groups is 1. The molecule has 0 radical (unpaired) electrons. The first kappa shape index (κ1) is 17.8. The normalized spacial score (nSPS) is 15.6. The van der Waals surface area contributed by atoms with Gasteiger partial charge in [-0.25, -0.2) is 0 Å². The zero-order valence-electron chi connectivity index (χ0n) is 13.8. The topological polar surface area (TPSA) is 32.3 Å². The molecular formula is C19H25ClN2O. The van der Waals surface area contributed by atoms with Gasteiger partial charge in [0.25, 0.3) is 0 Å². The van der Waals surface area contributed by atoms with Crippen LogP contribution in [0.15, 0.2) is 42.5 Å². The number of nitrogens with zero attached hydrogens (tertiary/aromatic N) is 1. The third-order valence-corrected chi connectivity index (χ3v) is 4.79. The van der Waals surface area contributed by atoms with E-state index in [0.29, 0.717) is 12.5 Å². The first-order valence-corrected chi connectivity index (χ1v) is 8.16. The highest BCUT2D eigenvalue weighted by atomic mass is 35.5. The van der Waals surface area contributed by atoms with Crippen molar-refractivity contribution in [2.24, 2.45) is 11.8 Å². The second-order valence-electron chi connectivity index (χ2n) is 6.24. The van der Waals surface area contributed by atoms with Crippen LogP contribution in [-0.4, -0.2) is 30.4 Å². The summed E-state index contributed by atoms with van der Waals surface area (Å²) < 4.78 is 0. The molecule has 3 rings (SSSR count). The van der Waals surface area contributed by atoms with Gasteiger partial charge in [-0.1, -0.05) is 43.3 Å². The maximum atomic E-state index is 12.7. The molecular weight excluding hydrogens is 308 g/mol. The van der Waals surface area contributed by atoms with E-state index in [1.165, 1.54) is 16.3 Å². The average Bonchev–Trinajstić information content (AvgIpc) is 2.50. The van der Waals surface area contributed by atoms with Crippen LogP contribution in [0.1, 0.15) is 19.4 Å². The summed E-state index contributed by atoms with van der Waals surface area (Å²) in [4.78, 5) is 14.7. The van der Waals surface area contributed by atoms with Crippen LogP contribution in [0, 0.1) is 11.8 Å². The van der Waals surface area contributed by atoms with Crippen molar-refractivity contribution in [3.8, 4) is 0 Å². The molecule has 0 spiro atoms. The van der Waals surface area contributed by atoms with Gasteiger partial charge in [0.1, 0.15) is 0 Å². The van der Waals surface area contributed by atoms with Crippen LogP contribution in [0.4, 0.5) is 0 Å². The number of benzene rings is 2. The number of rotatable bonds is 5. The van der Waals surface area contributed by atoms with Gasteiger partial charge in [-0.15, -0.1) is 12.4 Å².